The van der Waals surface area contributed by atoms with Crippen LogP contribution in [0.25, 0.3) is 0 Å². The van der Waals surface area contributed by atoms with E-state index in [-0.39, 0.29) is 1.43 Å². The van der Waals surface area contributed by atoms with Crippen molar-refractivity contribution in [3.8, 4) is 0 Å². The van der Waals surface area contributed by atoms with Crippen molar-refractivity contribution in [3.63, 3.8) is 0 Å². The van der Waals surface area contributed by atoms with Crippen LogP contribution in [0.4, 0.5) is 0 Å². The Hall–Kier alpha value is -0.0400. The Kier molecular flexibility index (Phi) is 7.04. The largest absolute Gasteiger partial charge is 0.316 e. The Balaban J connectivity index is 0. The highest BCUT2D eigenvalue weighted by molar-refractivity contribution is 4.62. The fourth-order valence-corrected chi connectivity index (χ4v) is 1.19. The molecule has 1 fully saturated rings. The van der Waals surface area contributed by atoms with Crippen molar-refractivity contribution >= 4 is 0 Å². The van der Waals surface area contributed by atoms with Crippen LogP contribution in [-0.4, -0.2) is 13.1 Å². The fraction of sp³-hybridized carbons (Fsp3) is 1.00. The Labute approximate surface area is 66.7 Å². The van der Waals surface area contributed by atoms with Gasteiger partial charge in [-0.25, -0.2) is 0 Å². The van der Waals surface area contributed by atoms with Gasteiger partial charge < -0.3 is 5.32 Å². The smallest absolute Gasteiger partial charge is 0 e. The van der Waals surface area contributed by atoms with E-state index in [9.17, 15) is 0 Å². The van der Waals surface area contributed by atoms with Crippen molar-refractivity contribution in [2.24, 2.45) is 5.92 Å². The van der Waals surface area contributed by atoms with Gasteiger partial charge in [-0.1, -0.05) is 27.2 Å². The van der Waals surface area contributed by atoms with E-state index >= 15 is 0 Å². The first kappa shape index (κ1) is 9.96. The molecular weight excluding hydrogens is 122 g/mol. The Morgan fingerprint density at radius 1 is 1.30 bits per heavy atom. The van der Waals surface area contributed by atoms with E-state index < -0.39 is 0 Å². The zero-order chi connectivity index (χ0) is 7.82. The standard InChI is InChI=1S/C7H15N.C2H6.H2/c1-7-4-2-3-5-8-6-7;1-2;/h7-8H,2-6H2,1H3;1-2H3;1H. The fourth-order valence-electron chi connectivity index (χ4n) is 1.19. The third-order valence-corrected chi connectivity index (χ3v) is 1.79. The zero-order valence-electron chi connectivity index (χ0n) is 7.61. The third kappa shape index (κ3) is 4.80. The average Bonchev–Trinajstić information content (AvgIpc) is 2.21. The molecule has 1 atom stereocenters. The lowest BCUT2D eigenvalue weighted by molar-refractivity contribution is 0.525. The molecule has 0 radical (unpaired) electrons. The van der Waals surface area contributed by atoms with Crippen molar-refractivity contribution in [1.29, 1.82) is 0 Å². The molecule has 1 unspecified atom stereocenters. The monoisotopic (exact) mass is 145 g/mol. The molecule has 0 saturated carbocycles. The van der Waals surface area contributed by atoms with E-state index in [2.05, 4.69) is 12.2 Å². The molecule has 0 amide bonds. The van der Waals surface area contributed by atoms with E-state index in [1.54, 1.807) is 0 Å². The van der Waals surface area contributed by atoms with Gasteiger partial charge in [-0.15, -0.1) is 0 Å². The SMILES string of the molecule is CC.CC1CCCCNC1.[HH]. The third-order valence-electron chi connectivity index (χ3n) is 1.79. The minimum atomic E-state index is 0. The number of nitrogens with one attached hydrogen (secondary N) is 1. The Morgan fingerprint density at radius 2 is 2.00 bits per heavy atom. The van der Waals surface area contributed by atoms with Crippen LogP contribution in [0.15, 0.2) is 0 Å². The van der Waals surface area contributed by atoms with E-state index in [0.29, 0.717) is 0 Å². The molecule has 1 saturated heterocycles. The summed E-state index contributed by atoms with van der Waals surface area (Å²) in [6, 6.07) is 0. The highest BCUT2D eigenvalue weighted by atomic mass is 14.9. The molecule has 10 heavy (non-hydrogen) atoms. The second kappa shape index (κ2) is 7.07. The molecule has 1 N–H and O–H groups in total. The van der Waals surface area contributed by atoms with E-state index in [1.165, 1.54) is 32.4 Å². The first-order valence-electron chi connectivity index (χ1n) is 4.60. The summed E-state index contributed by atoms with van der Waals surface area (Å²) >= 11 is 0. The maximum atomic E-state index is 3.40. The molecular formula is C9H23N. The maximum absolute atomic E-state index is 3.40. The van der Waals surface area contributed by atoms with Crippen LogP contribution in [-0.2, 0) is 0 Å². The summed E-state index contributed by atoms with van der Waals surface area (Å²) in [5.41, 5.74) is 0. The average molecular weight is 145 g/mol. The van der Waals surface area contributed by atoms with Crippen molar-refractivity contribution in [1.82, 2.24) is 5.32 Å². The molecule has 1 rings (SSSR count). The molecule has 64 valence electrons. The summed E-state index contributed by atoms with van der Waals surface area (Å²) in [6.07, 6.45) is 4.23. The molecule has 0 bridgehead atoms. The quantitative estimate of drug-likeness (QED) is 0.552. The van der Waals surface area contributed by atoms with Gasteiger partial charge in [0.15, 0.2) is 0 Å². The van der Waals surface area contributed by atoms with Crippen LogP contribution >= 0.6 is 0 Å². The van der Waals surface area contributed by atoms with Crippen LogP contribution in [0.5, 0.6) is 0 Å². The van der Waals surface area contributed by atoms with Gasteiger partial charge >= 0.3 is 0 Å². The molecule has 1 nitrogen and oxygen atoms in total. The highest BCUT2D eigenvalue weighted by Crippen LogP contribution is 2.08. The normalized spacial score (nSPS) is 26.1. The molecule has 0 aliphatic carbocycles. The zero-order valence-corrected chi connectivity index (χ0v) is 7.61. The second-order valence-corrected chi connectivity index (χ2v) is 2.81. The van der Waals surface area contributed by atoms with Crippen LogP contribution in [0.2, 0.25) is 0 Å². The summed E-state index contributed by atoms with van der Waals surface area (Å²) in [5, 5.41) is 3.40. The minimum absolute atomic E-state index is 0. The minimum Gasteiger partial charge on any atom is -0.316 e. The van der Waals surface area contributed by atoms with E-state index in [1.807, 2.05) is 13.8 Å². The van der Waals surface area contributed by atoms with Crippen LogP contribution in [0.1, 0.15) is 41.5 Å². The summed E-state index contributed by atoms with van der Waals surface area (Å²) in [7, 11) is 0. The Morgan fingerprint density at radius 3 is 2.70 bits per heavy atom. The first-order valence-corrected chi connectivity index (χ1v) is 4.60. The van der Waals surface area contributed by atoms with Crippen molar-refractivity contribution < 1.29 is 1.43 Å². The van der Waals surface area contributed by atoms with Gasteiger partial charge in [0.2, 0.25) is 0 Å². The molecule has 0 aromatic heterocycles. The van der Waals surface area contributed by atoms with Gasteiger partial charge in [-0.05, 0) is 31.8 Å². The maximum Gasteiger partial charge on any atom is 0 e. The lowest BCUT2D eigenvalue weighted by atomic mass is 10.1. The number of hydrogen-bond acceptors (Lipinski definition) is 1. The Bertz CT molecular complexity index is 58.6. The summed E-state index contributed by atoms with van der Waals surface area (Å²) in [4.78, 5) is 0. The molecule has 0 aromatic rings. The van der Waals surface area contributed by atoms with Crippen LogP contribution in [0.3, 0.4) is 0 Å². The molecule has 0 spiro atoms. The molecule has 1 heterocycles. The molecule has 1 aliphatic heterocycles. The molecule has 1 aliphatic rings. The second-order valence-electron chi connectivity index (χ2n) is 2.81. The van der Waals surface area contributed by atoms with Gasteiger partial charge in [0.1, 0.15) is 0 Å². The van der Waals surface area contributed by atoms with Gasteiger partial charge in [-0.2, -0.15) is 0 Å². The van der Waals surface area contributed by atoms with E-state index in [4.69, 9.17) is 0 Å². The number of hydrogen-bond donors (Lipinski definition) is 1. The summed E-state index contributed by atoms with van der Waals surface area (Å²) in [5.74, 6) is 0.914. The van der Waals surface area contributed by atoms with E-state index in [0.717, 1.165) is 5.92 Å². The summed E-state index contributed by atoms with van der Waals surface area (Å²) in [6.45, 7) is 8.79. The number of rotatable bonds is 0. The predicted octanol–water partition coefficient (Wildman–Crippen LogP) is 2.67. The molecule has 1 heteroatoms. The van der Waals surface area contributed by atoms with Crippen molar-refractivity contribution in [2.45, 2.75) is 40.0 Å². The topological polar surface area (TPSA) is 12.0 Å². The lowest BCUT2D eigenvalue weighted by Gasteiger charge is -2.03. The summed E-state index contributed by atoms with van der Waals surface area (Å²) < 4.78 is 0. The van der Waals surface area contributed by atoms with Gasteiger partial charge in [-0.3, -0.25) is 0 Å². The van der Waals surface area contributed by atoms with Gasteiger partial charge in [0.05, 0.1) is 0 Å². The highest BCUT2D eigenvalue weighted by Gasteiger charge is 2.04. The predicted molar refractivity (Wildman–Crippen MR) is 49.3 cm³/mol. The van der Waals surface area contributed by atoms with Gasteiger partial charge in [0, 0.05) is 1.43 Å². The first-order chi connectivity index (χ1) is 4.89. The van der Waals surface area contributed by atoms with Crippen molar-refractivity contribution in [3.05, 3.63) is 0 Å². The molecule has 0 aromatic carbocycles. The van der Waals surface area contributed by atoms with Crippen molar-refractivity contribution in [2.75, 3.05) is 13.1 Å². The lowest BCUT2D eigenvalue weighted by Crippen LogP contribution is -2.18. The van der Waals surface area contributed by atoms with Gasteiger partial charge in [0.25, 0.3) is 0 Å². The van der Waals surface area contributed by atoms with Crippen LogP contribution < -0.4 is 5.32 Å². The van der Waals surface area contributed by atoms with Crippen LogP contribution in [0, 0.1) is 5.92 Å².